The van der Waals surface area contributed by atoms with Crippen LogP contribution in [0.5, 0.6) is 5.75 Å². The molecule has 8 heteroatoms. The van der Waals surface area contributed by atoms with Gasteiger partial charge in [-0.2, -0.15) is 0 Å². The standard InChI is InChI=1S/C16H24N2O5S/c1-17-16(19)14-10-13(8-9-15(14)23-3)24(20,21)18-11-4-6-12(22-2)7-5-11/h8-12,18H,4-7H2,1-3H3,(H,17,19). The number of sulfonamides is 1. The summed E-state index contributed by atoms with van der Waals surface area (Å²) in [5, 5.41) is 2.48. The quantitative estimate of drug-likeness (QED) is 0.801. The SMILES string of the molecule is CNC(=O)c1cc(S(=O)(=O)NC2CCC(OC)CC2)ccc1OC. The summed E-state index contributed by atoms with van der Waals surface area (Å²) >= 11 is 0. The topological polar surface area (TPSA) is 93.7 Å². The normalized spacial score (nSPS) is 21.3. The maximum atomic E-state index is 12.6. The van der Waals surface area contributed by atoms with Crippen LogP contribution in [0, 0.1) is 0 Å². The largest absolute Gasteiger partial charge is 0.496 e. The van der Waals surface area contributed by atoms with Gasteiger partial charge in [0, 0.05) is 20.2 Å². The van der Waals surface area contributed by atoms with E-state index < -0.39 is 15.9 Å². The monoisotopic (exact) mass is 356 g/mol. The zero-order chi connectivity index (χ0) is 17.7. The van der Waals surface area contributed by atoms with Crippen LogP contribution in [0.4, 0.5) is 0 Å². The van der Waals surface area contributed by atoms with Crippen LogP contribution in [0.25, 0.3) is 0 Å². The molecule has 1 aromatic rings. The van der Waals surface area contributed by atoms with Gasteiger partial charge in [0.05, 0.1) is 23.7 Å². The van der Waals surface area contributed by atoms with E-state index in [1.54, 1.807) is 7.11 Å². The van der Waals surface area contributed by atoms with Gasteiger partial charge in [0.15, 0.2) is 0 Å². The van der Waals surface area contributed by atoms with Crippen molar-refractivity contribution in [2.45, 2.75) is 42.7 Å². The van der Waals surface area contributed by atoms with Gasteiger partial charge in [0.1, 0.15) is 5.75 Å². The van der Waals surface area contributed by atoms with E-state index in [1.165, 1.54) is 32.4 Å². The summed E-state index contributed by atoms with van der Waals surface area (Å²) < 4.78 is 38.3. The molecule has 0 spiro atoms. The molecule has 0 saturated heterocycles. The van der Waals surface area contributed by atoms with Crippen molar-refractivity contribution in [2.24, 2.45) is 0 Å². The molecule has 2 rings (SSSR count). The average Bonchev–Trinajstić information content (AvgIpc) is 2.60. The van der Waals surface area contributed by atoms with Gasteiger partial charge in [0.25, 0.3) is 5.91 Å². The zero-order valence-corrected chi connectivity index (χ0v) is 15.0. The Labute approximate surface area is 142 Å². The van der Waals surface area contributed by atoms with Crippen molar-refractivity contribution in [1.29, 1.82) is 0 Å². The molecule has 1 aliphatic carbocycles. The lowest BCUT2D eigenvalue weighted by Gasteiger charge is -2.28. The van der Waals surface area contributed by atoms with E-state index in [2.05, 4.69) is 10.0 Å². The fraction of sp³-hybridized carbons (Fsp3) is 0.562. The minimum atomic E-state index is -3.70. The van der Waals surface area contributed by atoms with Gasteiger partial charge in [-0.05, 0) is 43.9 Å². The maximum absolute atomic E-state index is 12.6. The van der Waals surface area contributed by atoms with E-state index in [1.807, 2.05) is 0 Å². The molecule has 134 valence electrons. The number of nitrogens with one attached hydrogen (secondary N) is 2. The third-order valence-corrected chi connectivity index (χ3v) is 5.80. The molecule has 1 amide bonds. The van der Waals surface area contributed by atoms with Gasteiger partial charge < -0.3 is 14.8 Å². The maximum Gasteiger partial charge on any atom is 0.254 e. The number of hydrogen-bond donors (Lipinski definition) is 2. The number of benzene rings is 1. The van der Waals surface area contributed by atoms with Crippen molar-refractivity contribution >= 4 is 15.9 Å². The Morgan fingerprint density at radius 3 is 2.38 bits per heavy atom. The second kappa shape index (κ2) is 7.96. The van der Waals surface area contributed by atoms with Gasteiger partial charge in [-0.1, -0.05) is 0 Å². The van der Waals surface area contributed by atoms with E-state index in [0.29, 0.717) is 5.75 Å². The molecule has 1 aliphatic rings. The van der Waals surface area contributed by atoms with Crippen molar-refractivity contribution in [3.63, 3.8) is 0 Å². The Kier molecular flexibility index (Phi) is 6.20. The molecule has 1 fully saturated rings. The van der Waals surface area contributed by atoms with E-state index in [0.717, 1.165) is 25.7 Å². The van der Waals surface area contributed by atoms with Crippen LogP contribution >= 0.6 is 0 Å². The first-order valence-corrected chi connectivity index (χ1v) is 9.34. The summed E-state index contributed by atoms with van der Waals surface area (Å²) in [6.07, 6.45) is 3.32. The number of methoxy groups -OCH3 is 2. The molecular formula is C16H24N2O5S. The van der Waals surface area contributed by atoms with Crippen LogP contribution in [0.1, 0.15) is 36.0 Å². The predicted octanol–water partition coefficient (Wildman–Crippen LogP) is 1.29. The van der Waals surface area contributed by atoms with Crippen molar-refractivity contribution in [3.05, 3.63) is 23.8 Å². The Hall–Kier alpha value is -1.64. The molecule has 0 unspecified atom stereocenters. The number of hydrogen-bond acceptors (Lipinski definition) is 5. The first kappa shape index (κ1) is 18.7. The van der Waals surface area contributed by atoms with Crippen LogP contribution in [0.15, 0.2) is 23.1 Å². The summed E-state index contributed by atoms with van der Waals surface area (Å²) in [5.74, 6) is -0.0709. The Morgan fingerprint density at radius 1 is 1.17 bits per heavy atom. The molecule has 24 heavy (non-hydrogen) atoms. The van der Waals surface area contributed by atoms with Crippen LogP contribution in [-0.4, -0.2) is 47.7 Å². The van der Waals surface area contributed by atoms with E-state index in [4.69, 9.17) is 9.47 Å². The highest BCUT2D eigenvalue weighted by atomic mass is 32.2. The number of carbonyl (C=O) groups is 1. The Morgan fingerprint density at radius 2 is 1.83 bits per heavy atom. The number of carbonyl (C=O) groups excluding carboxylic acids is 1. The Balaban J connectivity index is 2.19. The number of rotatable bonds is 6. The van der Waals surface area contributed by atoms with Crippen LogP contribution in [0.3, 0.4) is 0 Å². The van der Waals surface area contributed by atoms with Gasteiger partial charge in [0.2, 0.25) is 10.0 Å². The third-order valence-electron chi connectivity index (χ3n) is 4.28. The highest BCUT2D eigenvalue weighted by Gasteiger charge is 2.26. The molecular weight excluding hydrogens is 332 g/mol. The smallest absolute Gasteiger partial charge is 0.254 e. The molecule has 0 atom stereocenters. The van der Waals surface area contributed by atoms with Crippen LogP contribution < -0.4 is 14.8 Å². The van der Waals surface area contributed by atoms with Gasteiger partial charge in [-0.25, -0.2) is 13.1 Å². The van der Waals surface area contributed by atoms with Crippen molar-refractivity contribution in [2.75, 3.05) is 21.3 Å². The zero-order valence-electron chi connectivity index (χ0n) is 14.2. The van der Waals surface area contributed by atoms with E-state index in [-0.39, 0.29) is 22.6 Å². The van der Waals surface area contributed by atoms with E-state index in [9.17, 15) is 13.2 Å². The fourth-order valence-corrected chi connectivity index (χ4v) is 4.20. The first-order chi connectivity index (χ1) is 11.4. The van der Waals surface area contributed by atoms with Crippen molar-refractivity contribution in [3.8, 4) is 5.75 Å². The van der Waals surface area contributed by atoms with Crippen LogP contribution in [0.2, 0.25) is 0 Å². The molecule has 0 aliphatic heterocycles. The summed E-state index contributed by atoms with van der Waals surface area (Å²) in [6.45, 7) is 0. The van der Waals surface area contributed by atoms with Gasteiger partial charge in [-0.15, -0.1) is 0 Å². The summed E-state index contributed by atoms with van der Waals surface area (Å²) in [7, 11) is 0.888. The van der Waals surface area contributed by atoms with Gasteiger partial charge in [-0.3, -0.25) is 4.79 Å². The molecule has 0 aromatic heterocycles. The summed E-state index contributed by atoms with van der Waals surface area (Å²) in [6, 6.07) is 4.14. The van der Waals surface area contributed by atoms with Crippen molar-refractivity contribution < 1.29 is 22.7 Å². The lowest BCUT2D eigenvalue weighted by Crippen LogP contribution is -2.39. The minimum Gasteiger partial charge on any atom is -0.496 e. The average molecular weight is 356 g/mol. The lowest BCUT2D eigenvalue weighted by molar-refractivity contribution is 0.0649. The highest BCUT2D eigenvalue weighted by molar-refractivity contribution is 7.89. The molecule has 7 nitrogen and oxygen atoms in total. The molecule has 0 radical (unpaired) electrons. The fourth-order valence-electron chi connectivity index (χ4n) is 2.87. The van der Waals surface area contributed by atoms with Crippen LogP contribution in [-0.2, 0) is 14.8 Å². The second-order valence-corrected chi connectivity index (χ2v) is 7.49. The molecule has 1 aromatic carbocycles. The molecule has 2 N–H and O–H groups in total. The minimum absolute atomic E-state index is 0.0516. The molecule has 0 bridgehead atoms. The van der Waals surface area contributed by atoms with Crippen molar-refractivity contribution in [1.82, 2.24) is 10.0 Å². The first-order valence-electron chi connectivity index (χ1n) is 7.86. The lowest BCUT2D eigenvalue weighted by atomic mass is 9.94. The predicted molar refractivity (Wildman–Crippen MR) is 89.8 cm³/mol. The molecule has 0 heterocycles. The summed E-state index contributed by atoms with van der Waals surface area (Å²) in [5.41, 5.74) is 0.186. The second-order valence-electron chi connectivity index (χ2n) is 5.77. The summed E-state index contributed by atoms with van der Waals surface area (Å²) in [4.78, 5) is 12.0. The van der Waals surface area contributed by atoms with Gasteiger partial charge >= 0.3 is 0 Å². The Bertz CT molecular complexity index is 682. The number of amides is 1. The number of ether oxygens (including phenoxy) is 2. The highest BCUT2D eigenvalue weighted by Crippen LogP contribution is 2.25. The third kappa shape index (κ3) is 4.25. The van der Waals surface area contributed by atoms with E-state index >= 15 is 0 Å². The molecule has 1 saturated carbocycles.